The molecule has 108 valence electrons. The molecule has 4 aliphatic carbocycles. The molecule has 0 aromatic carbocycles. The van der Waals surface area contributed by atoms with Crippen LogP contribution in [0, 0.1) is 40.9 Å². The maximum absolute atomic E-state index is 2.67. The standard InChI is InChI=1S/C19H32/c1-19(2,16-6-4-3-5-7-16)18-15-9-8-14-10-13(11-15)12-17(14)18/h13-18H,3-12H2,1-2H3. The van der Waals surface area contributed by atoms with Crippen molar-refractivity contribution in [3.63, 3.8) is 0 Å². The average Bonchev–Trinajstić information content (AvgIpc) is 2.62. The van der Waals surface area contributed by atoms with Crippen molar-refractivity contribution in [2.75, 3.05) is 0 Å². The van der Waals surface area contributed by atoms with Crippen molar-refractivity contribution in [2.24, 2.45) is 40.9 Å². The Labute approximate surface area is 119 Å². The summed E-state index contributed by atoms with van der Waals surface area (Å²) in [6.45, 7) is 5.34. The van der Waals surface area contributed by atoms with E-state index in [-0.39, 0.29) is 0 Å². The van der Waals surface area contributed by atoms with Gasteiger partial charge in [-0.25, -0.2) is 0 Å². The fourth-order valence-corrected chi connectivity index (χ4v) is 7.17. The summed E-state index contributed by atoms with van der Waals surface area (Å²) in [5.41, 5.74) is 0.643. The first-order valence-electron chi connectivity index (χ1n) is 9.16. The smallest absolute Gasteiger partial charge is 0.0292 e. The number of hydrogen-bond donors (Lipinski definition) is 0. The molecule has 0 N–H and O–H groups in total. The van der Waals surface area contributed by atoms with E-state index in [1.807, 2.05) is 0 Å². The minimum atomic E-state index is 0.643. The Kier molecular flexibility index (Phi) is 3.01. The zero-order valence-corrected chi connectivity index (χ0v) is 13.0. The van der Waals surface area contributed by atoms with Crippen LogP contribution in [0.1, 0.15) is 78.1 Å². The van der Waals surface area contributed by atoms with Crippen LogP contribution < -0.4 is 0 Å². The third kappa shape index (κ3) is 1.92. The van der Waals surface area contributed by atoms with Crippen LogP contribution in [0.2, 0.25) is 0 Å². The monoisotopic (exact) mass is 260 g/mol. The molecule has 5 atom stereocenters. The molecule has 0 radical (unpaired) electrons. The number of rotatable bonds is 2. The molecule has 5 unspecified atom stereocenters. The van der Waals surface area contributed by atoms with Gasteiger partial charge in [0.1, 0.15) is 0 Å². The van der Waals surface area contributed by atoms with Gasteiger partial charge in [-0.05, 0) is 85.9 Å². The highest BCUT2D eigenvalue weighted by Crippen LogP contribution is 2.64. The van der Waals surface area contributed by atoms with E-state index < -0.39 is 0 Å². The molecule has 3 bridgehead atoms. The van der Waals surface area contributed by atoms with Crippen LogP contribution in [0.4, 0.5) is 0 Å². The van der Waals surface area contributed by atoms with Gasteiger partial charge < -0.3 is 0 Å². The van der Waals surface area contributed by atoms with Gasteiger partial charge in [-0.15, -0.1) is 0 Å². The van der Waals surface area contributed by atoms with Gasteiger partial charge in [0.2, 0.25) is 0 Å². The third-order valence-electron chi connectivity index (χ3n) is 7.88. The normalized spacial score (nSPS) is 46.7. The van der Waals surface area contributed by atoms with Crippen LogP contribution in [0.3, 0.4) is 0 Å². The maximum Gasteiger partial charge on any atom is -0.0292 e. The topological polar surface area (TPSA) is 0 Å². The van der Waals surface area contributed by atoms with E-state index in [0.717, 1.165) is 35.5 Å². The van der Waals surface area contributed by atoms with Gasteiger partial charge in [-0.1, -0.05) is 33.1 Å². The Morgan fingerprint density at radius 1 is 0.737 bits per heavy atom. The second kappa shape index (κ2) is 4.50. The van der Waals surface area contributed by atoms with Crippen LogP contribution in [0.25, 0.3) is 0 Å². The van der Waals surface area contributed by atoms with Gasteiger partial charge >= 0.3 is 0 Å². The van der Waals surface area contributed by atoms with Gasteiger partial charge in [0.25, 0.3) is 0 Å². The Morgan fingerprint density at radius 3 is 2.21 bits per heavy atom. The molecule has 0 nitrogen and oxygen atoms in total. The van der Waals surface area contributed by atoms with E-state index in [1.54, 1.807) is 32.1 Å². The number of fused-ring (bicyclic) bond motifs is 2. The van der Waals surface area contributed by atoms with Crippen molar-refractivity contribution in [3.8, 4) is 0 Å². The molecule has 4 aliphatic rings. The predicted octanol–water partition coefficient (Wildman–Crippen LogP) is 5.67. The number of hydrogen-bond acceptors (Lipinski definition) is 0. The lowest BCUT2D eigenvalue weighted by Gasteiger charge is -2.54. The van der Waals surface area contributed by atoms with Gasteiger partial charge in [0, 0.05) is 0 Å². The van der Waals surface area contributed by atoms with Crippen molar-refractivity contribution in [1.82, 2.24) is 0 Å². The Bertz CT molecular complexity index is 336. The Morgan fingerprint density at radius 2 is 1.42 bits per heavy atom. The highest BCUT2D eigenvalue weighted by molar-refractivity contribution is 5.05. The van der Waals surface area contributed by atoms with E-state index in [9.17, 15) is 0 Å². The van der Waals surface area contributed by atoms with Crippen molar-refractivity contribution in [3.05, 3.63) is 0 Å². The lowest BCUT2D eigenvalue weighted by atomic mass is 9.51. The second-order valence-electron chi connectivity index (χ2n) is 9.02. The van der Waals surface area contributed by atoms with E-state index in [4.69, 9.17) is 0 Å². The first-order chi connectivity index (χ1) is 9.16. The molecule has 4 fully saturated rings. The summed E-state index contributed by atoms with van der Waals surface area (Å²) in [5, 5.41) is 0. The van der Waals surface area contributed by atoms with E-state index in [0.29, 0.717) is 5.41 Å². The molecule has 0 heterocycles. The zero-order valence-electron chi connectivity index (χ0n) is 13.0. The summed E-state index contributed by atoms with van der Waals surface area (Å²) in [7, 11) is 0. The molecule has 19 heavy (non-hydrogen) atoms. The quantitative estimate of drug-likeness (QED) is 0.600. The third-order valence-corrected chi connectivity index (χ3v) is 7.88. The lowest BCUT2D eigenvalue weighted by molar-refractivity contribution is -0.0485. The molecule has 0 aliphatic heterocycles. The molecular formula is C19H32. The van der Waals surface area contributed by atoms with E-state index in [1.165, 1.54) is 32.1 Å². The summed E-state index contributed by atoms with van der Waals surface area (Å²) in [4.78, 5) is 0. The van der Waals surface area contributed by atoms with Gasteiger partial charge in [-0.2, -0.15) is 0 Å². The summed E-state index contributed by atoms with van der Waals surface area (Å²) in [6, 6.07) is 0. The molecule has 0 aromatic rings. The fourth-order valence-electron chi connectivity index (χ4n) is 7.17. The van der Waals surface area contributed by atoms with Crippen molar-refractivity contribution in [1.29, 1.82) is 0 Å². The van der Waals surface area contributed by atoms with Crippen molar-refractivity contribution in [2.45, 2.75) is 78.1 Å². The summed E-state index contributed by atoms with van der Waals surface area (Å²) >= 11 is 0. The SMILES string of the molecule is CC(C)(C1CCCCC1)C1C2CCC3CC(C2)CC31. The lowest BCUT2D eigenvalue weighted by Crippen LogP contribution is -2.46. The second-order valence-corrected chi connectivity index (χ2v) is 9.02. The largest absolute Gasteiger partial charge is 0.0594 e. The average molecular weight is 260 g/mol. The van der Waals surface area contributed by atoms with Crippen LogP contribution >= 0.6 is 0 Å². The molecule has 4 saturated carbocycles. The van der Waals surface area contributed by atoms with Crippen LogP contribution in [0.5, 0.6) is 0 Å². The highest BCUT2D eigenvalue weighted by atomic mass is 14.6. The molecule has 0 amide bonds. The van der Waals surface area contributed by atoms with E-state index in [2.05, 4.69) is 13.8 Å². The summed E-state index contributed by atoms with van der Waals surface area (Å²) < 4.78 is 0. The van der Waals surface area contributed by atoms with Crippen molar-refractivity contribution >= 4 is 0 Å². The molecule has 4 rings (SSSR count). The van der Waals surface area contributed by atoms with Gasteiger partial charge in [0.05, 0.1) is 0 Å². The molecular weight excluding hydrogens is 228 g/mol. The molecule has 0 saturated heterocycles. The molecule has 0 aromatic heterocycles. The van der Waals surface area contributed by atoms with Crippen LogP contribution in [-0.2, 0) is 0 Å². The van der Waals surface area contributed by atoms with Crippen LogP contribution in [0.15, 0.2) is 0 Å². The highest BCUT2D eigenvalue weighted by Gasteiger charge is 2.55. The summed E-state index contributed by atoms with van der Waals surface area (Å²) in [6.07, 6.45) is 15.6. The predicted molar refractivity (Wildman–Crippen MR) is 80.9 cm³/mol. The fraction of sp³-hybridized carbons (Fsp3) is 1.00. The van der Waals surface area contributed by atoms with Gasteiger partial charge in [0.15, 0.2) is 0 Å². The van der Waals surface area contributed by atoms with Crippen molar-refractivity contribution < 1.29 is 0 Å². The Balaban J connectivity index is 1.60. The summed E-state index contributed by atoms with van der Waals surface area (Å²) in [5.74, 6) is 6.66. The first kappa shape index (κ1) is 12.7. The minimum Gasteiger partial charge on any atom is -0.0594 e. The van der Waals surface area contributed by atoms with Gasteiger partial charge in [-0.3, -0.25) is 0 Å². The Hall–Kier alpha value is 0. The van der Waals surface area contributed by atoms with Crippen LogP contribution in [-0.4, -0.2) is 0 Å². The first-order valence-corrected chi connectivity index (χ1v) is 9.16. The molecule has 0 spiro atoms. The molecule has 0 heteroatoms. The van der Waals surface area contributed by atoms with E-state index >= 15 is 0 Å². The minimum absolute atomic E-state index is 0.643. The maximum atomic E-state index is 2.67. The zero-order chi connectivity index (χ0) is 13.0.